The predicted molar refractivity (Wildman–Crippen MR) is 82.0 cm³/mol. The molecule has 0 saturated heterocycles. The van der Waals surface area contributed by atoms with E-state index in [2.05, 4.69) is 36.3 Å². The van der Waals surface area contributed by atoms with Crippen molar-refractivity contribution in [1.29, 1.82) is 0 Å². The molecule has 0 saturated carbocycles. The normalized spacial score (nSPS) is 11.6. The lowest BCUT2D eigenvalue weighted by Gasteiger charge is -2.00. The minimum atomic E-state index is -0.575. The minimum Gasteiger partial charge on any atom is -0.399 e. The van der Waals surface area contributed by atoms with Crippen molar-refractivity contribution in [2.45, 2.75) is 6.92 Å². The first-order valence-electron chi connectivity index (χ1n) is 5.64. The Morgan fingerprint density at radius 3 is 1.95 bits per heavy atom. The lowest BCUT2D eigenvalue weighted by atomic mass is 10.1. The molecular weight excluding hydrogens is 256 g/mol. The molecule has 0 rings (SSSR count). The third-order valence-corrected chi connectivity index (χ3v) is 2.30. The van der Waals surface area contributed by atoms with Crippen LogP contribution in [0.3, 0.4) is 0 Å². The number of allylic oxidation sites excluding steroid dienone is 7. The maximum atomic E-state index is 10.4. The van der Waals surface area contributed by atoms with Crippen LogP contribution >= 0.6 is 0 Å². The van der Waals surface area contributed by atoms with Crippen molar-refractivity contribution in [3.63, 3.8) is 0 Å². The first-order valence-corrected chi connectivity index (χ1v) is 5.64. The van der Waals surface area contributed by atoms with Crippen molar-refractivity contribution in [3.05, 3.63) is 83.2 Å². The Bertz CT molecular complexity index is 537. The van der Waals surface area contributed by atoms with E-state index in [4.69, 9.17) is 0 Å². The molecule has 0 aromatic carbocycles. The summed E-state index contributed by atoms with van der Waals surface area (Å²) in [4.78, 5) is 14.4. The van der Waals surface area contributed by atoms with Gasteiger partial charge in [0.05, 0.1) is 10.6 Å². The van der Waals surface area contributed by atoms with Crippen molar-refractivity contribution >= 4 is 5.71 Å². The molecule has 0 spiro atoms. The van der Waals surface area contributed by atoms with Crippen LogP contribution in [0.4, 0.5) is 0 Å². The molecule has 0 bridgehead atoms. The molecule has 0 amide bonds. The summed E-state index contributed by atoms with van der Waals surface area (Å²) in [7, 11) is 1.45. The third kappa shape index (κ3) is 6.30. The summed E-state index contributed by atoms with van der Waals surface area (Å²) in [6, 6.07) is 0. The summed E-state index contributed by atoms with van der Waals surface area (Å²) in [6.45, 7) is 16.4. The number of hydrogen-bond donors (Lipinski definition) is 0. The second-order valence-electron chi connectivity index (χ2n) is 3.85. The molecule has 0 aliphatic carbocycles. The van der Waals surface area contributed by atoms with Gasteiger partial charge in [0, 0.05) is 6.08 Å². The van der Waals surface area contributed by atoms with Gasteiger partial charge >= 0.3 is 0 Å². The second kappa shape index (κ2) is 8.42. The largest absolute Gasteiger partial charge is 0.399 e. The van der Waals surface area contributed by atoms with Gasteiger partial charge in [0.2, 0.25) is 0 Å². The highest BCUT2D eigenvalue weighted by molar-refractivity contribution is 5.99. The van der Waals surface area contributed by atoms with Crippen LogP contribution < -0.4 is 0 Å². The molecule has 0 N–H and O–H groups in total. The summed E-state index contributed by atoms with van der Waals surface area (Å²) in [5.41, 5.74) is 2.23. The number of nitrogens with zero attached hydrogens (tertiary/aromatic N) is 2. The minimum absolute atomic E-state index is 0.213. The summed E-state index contributed by atoms with van der Waals surface area (Å²) in [5.74, 6) is 0. The highest BCUT2D eigenvalue weighted by atomic mass is 16.6. The lowest BCUT2D eigenvalue weighted by Crippen LogP contribution is -1.94. The van der Waals surface area contributed by atoms with E-state index in [1.165, 1.54) is 19.3 Å². The van der Waals surface area contributed by atoms with Crippen LogP contribution in [0.2, 0.25) is 0 Å². The van der Waals surface area contributed by atoms with E-state index in [9.17, 15) is 10.1 Å². The monoisotopic (exact) mass is 274 g/mol. The van der Waals surface area contributed by atoms with Gasteiger partial charge in [-0.15, -0.1) is 0 Å². The quantitative estimate of drug-likeness (QED) is 0.294. The zero-order chi connectivity index (χ0) is 15.7. The van der Waals surface area contributed by atoms with Crippen molar-refractivity contribution < 1.29 is 9.76 Å². The topological polar surface area (TPSA) is 64.7 Å². The fourth-order valence-corrected chi connectivity index (χ4v) is 0.989. The van der Waals surface area contributed by atoms with Gasteiger partial charge in [0.25, 0.3) is 5.70 Å². The van der Waals surface area contributed by atoms with Crippen LogP contribution in [0.25, 0.3) is 0 Å². The molecule has 0 fully saturated rings. The summed E-state index contributed by atoms with van der Waals surface area (Å²) >= 11 is 0. The molecule has 106 valence electrons. The Hall–Kier alpha value is -2.69. The SMILES string of the molecule is C=C(/C=C\C(=C)/C(C)=N/OC)C(=C)/C=C\C(=C)[N+](=O)[O-]. The number of oxime groups is 1. The first kappa shape index (κ1) is 17.3. The summed E-state index contributed by atoms with van der Waals surface area (Å²) in [6.07, 6.45) is 6.16. The van der Waals surface area contributed by atoms with E-state index in [1.54, 1.807) is 19.1 Å². The number of hydrogen-bond acceptors (Lipinski definition) is 4. The first-order chi connectivity index (χ1) is 9.29. The standard InChI is InChI=1S/C15H18N2O3/c1-11(7-8-13(3)15(5)16-20-6)12(2)9-10-14(4)17(18)19/h7-10H,1-4H2,5-6H3/b8-7-,10-9-,16-15+. The fraction of sp³-hybridized carbons (Fsp3) is 0.133. The van der Waals surface area contributed by atoms with Gasteiger partial charge < -0.3 is 4.84 Å². The Morgan fingerprint density at radius 2 is 1.50 bits per heavy atom. The predicted octanol–water partition coefficient (Wildman–Crippen LogP) is 3.58. The molecule has 5 heteroatoms. The van der Waals surface area contributed by atoms with E-state index < -0.39 is 4.92 Å². The smallest absolute Gasteiger partial charge is 0.262 e. The third-order valence-electron chi connectivity index (χ3n) is 2.30. The van der Waals surface area contributed by atoms with Gasteiger partial charge in [-0.25, -0.2) is 0 Å². The van der Waals surface area contributed by atoms with E-state index in [0.29, 0.717) is 22.4 Å². The van der Waals surface area contributed by atoms with Crippen molar-refractivity contribution in [1.82, 2.24) is 0 Å². The molecule has 0 aromatic rings. The molecule has 0 aromatic heterocycles. The molecule has 0 unspecified atom stereocenters. The molecule has 20 heavy (non-hydrogen) atoms. The van der Waals surface area contributed by atoms with Gasteiger partial charge in [-0.05, 0) is 36.3 Å². The van der Waals surface area contributed by atoms with E-state index in [-0.39, 0.29) is 5.70 Å². The molecule has 0 atom stereocenters. The van der Waals surface area contributed by atoms with Crippen LogP contribution in [0.5, 0.6) is 0 Å². The number of nitro groups is 1. The average Bonchev–Trinajstić information content (AvgIpc) is 2.41. The Morgan fingerprint density at radius 1 is 1.05 bits per heavy atom. The molecule has 0 heterocycles. The fourth-order valence-electron chi connectivity index (χ4n) is 0.989. The van der Waals surface area contributed by atoms with Crippen LogP contribution in [0.1, 0.15) is 6.92 Å². The molecular formula is C15H18N2O3. The number of rotatable bonds is 8. The second-order valence-corrected chi connectivity index (χ2v) is 3.85. The Kier molecular flexibility index (Phi) is 7.29. The lowest BCUT2D eigenvalue weighted by molar-refractivity contribution is -0.418. The maximum Gasteiger partial charge on any atom is 0.262 e. The van der Waals surface area contributed by atoms with Crippen molar-refractivity contribution in [2.24, 2.45) is 5.16 Å². The Balaban J connectivity index is 4.67. The zero-order valence-electron chi connectivity index (χ0n) is 11.8. The summed E-state index contributed by atoms with van der Waals surface area (Å²) < 4.78 is 0. The summed E-state index contributed by atoms with van der Waals surface area (Å²) in [5, 5.41) is 14.1. The van der Waals surface area contributed by atoms with E-state index in [1.807, 2.05) is 0 Å². The molecule has 0 aliphatic heterocycles. The average molecular weight is 274 g/mol. The van der Waals surface area contributed by atoms with E-state index in [0.717, 1.165) is 0 Å². The molecule has 0 aliphatic rings. The zero-order valence-corrected chi connectivity index (χ0v) is 11.8. The highest BCUT2D eigenvalue weighted by Crippen LogP contribution is 2.11. The molecule has 5 nitrogen and oxygen atoms in total. The van der Waals surface area contributed by atoms with Crippen LogP contribution in [0, 0.1) is 10.1 Å². The van der Waals surface area contributed by atoms with Gasteiger partial charge in [-0.1, -0.05) is 37.0 Å². The highest BCUT2D eigenvalue weighted by Gasteiger charge is 2.01. The van der Waals surface area contributed by atoms with Gasteiger partial charge in [0.15, 0.2) is 0 Å². The van der Waals surface area contributed by atoms with Crippen LogP contribution in [-0.2, 0) is 4.84 Å². The van der Waals surface area contributed by atoms with Crippen LogP contribution in [0.15, 0.2) is 78.2 Å². The maximum absolute atomic E-state index is 10.4. The Labute approximate surface area is 118 Å². The van der Waals surface area contributed by atoms with Crippen molar-refractivity contribution in [3.8, 4) is 0 Å². The van der Waals surface area contributed by atoms with Crippen LogP contribution in [-0.4, -0.2) is 17.7 Å². The van der Waals surface area contributed by atoms with E-state index >= 15 is 0 Å². The van der Waals surface area contributed by atoms with Gasteiger partial charge in [-0.2, -0.15) is 0 Å². The van der Waals surface area contributed by atoms with Gasteiger partial charge in [-0.3, -0.25) is 10.1 Å². The molecule has 0 radical (unpaired) electrons. The van der Waals surface area contributed by atoms with Gasteiger partial charge in [0.1, 0.15) is 7.11 Å². The van der Waals surface area contributed by atoms with Crippen molar-refractivity contribution in [2.75, 3.05) is 7.11 Å².